The minimum absolute atomic E-state index is 0.149. The fourth-order valence-corrected chi connectivity index (χ4v) is 4.95. The van der Waals surface area contributed by atoms with Crippen LogP contribution in [-0.4, -0.2) is 63.6 Å². The number of carboxylic acids is 1. The molecule has 9 nitrogen and oxygen atoms in total. The van der Waals surface area contributed by atoms with E-state index in [9.17, 15) is 24.3 Å². The fourth-order valence-electron chi connectivity index (χ4n) is 3.54. The molecule has 2 saturated heterocycles. The lowest BCUT2D eigenvalue weighted by molar-refractivity contribution is -0.151. The monoisotopic (exact) mass is 418 g/mol. The third kappa shape index (κ3) is 3.67. The minimum atomic E-state index is -1.25. The number of β-lactam (4-membered cyclic amide) rings is 1. The predicted molar refractivity (Wildman–Crippen MR) is 101 cm³/mol. The van der Waals surface area contributed by atoms with Gasteiger partial charge in [-0.3, -0.25) is 19.3 Å². The van der Waals surface area contributed by atoms with Crippen molar-refractivity contribution in [3.05, 3.63) is 41.6 Å². The Bertz CT molecular complexity index is 901. The standard InChI is InChI=1S/C19H18N2O7S/c22-13(8-27-10-4-2-1-3-5-10)20-15-17(24)21-16(19(25)26)11(9-29-18(15)21)12-6-7-14(23)28-12/h1-5,12,15,18H,6-9H2,(H,20,22)(H,25,26)/t12-,15-,18-/m1/s1. The maximum atomic E-state index is 12.6. The van der Waals surface area contributed by atoms with Crippen molar-refractivity contribution in [1.29, 1.82) is 0 Å². The topological polar surface area (TPSA) is 122 Å². The van der Waals surface area contributed by atoms with Gasteiger partial charge in [-0.1, -0.05) is 18.2 Å². The number of esters is 1. The number of thioether (sulfide) groups is 1. The van der Waals surface area contributed by atoms with Gasteiger partial charge < -0.3 is 19.9 Å². The Morgan fingerprint density at radius 3 is 2.69 bits per heavy atom. The van der Waals surface area contributed by atoms with Crippen LogP contribution in [0.1, 0.15) is 12.8 Å². The quantitative estimate of drug-likeness (QED) is 0.506. The third-order valence-electron chi connectivity index (χ3n) is 4.90. The number of carboxylic acid groups (broad SMARTS) is 1. The van der Waals surface area contributed by atoms with Crippen molar-refractivity contribution in [2.24, 2.45) is 0 Å². The summed E-state index contributed by atoms with van der Waals surface area (Å²) >= 11 is 1.34. The summed E-state index contributed by atoms with van der Waals surface area (Å²) in [5, 5.41) is 11.7. The Labute approximate surface area is 170 Å². The highest BCUT2D eigenvalue weighted by Crippen LogP contribution is 2.42. The Balaban J connectivity index is 1.42. The highest BCUT2D eigenvalue weighted by molar-refractivity contribution is 8.00. The van der Waals surface area contributed by atoms with Crippen molar-refractivity contribution in [1.82, 2.24) is 10.2 Å². The average Bonchev–Trinajstić information content (AvgIpc) is 3.16. The molecule has 1 aromatic carbocycles. The number of amides is 2. The second-order valence-electron chi connectivity index (χ2n) is 6.75. The van der Waals surface area contributed by atoms with Gasteiger partial charge in [-0.25, -0.2) is 4.79 Å². The molecule has 152 valence electrons. The summed E-state index contributed by atoms with van der Waals surface area (Å²) in [6, 6.07) is 7.97. The number of nitrogens with one attached hydrogen (secondary N) is 1. The second-order valence-corrected chi connectivity index (χ2v) is 7.86. The lowest BCUT2D eigenvalue weighted by Gasteiger charge is -2.49. The van der Waals surface area contributed by atoms with Crippen LogP contribution in [0.15, 0.2) is 41.6 Å². The van der Waals surface area contributed by atoms with Gasteiger partial charge in [0.15, 0.2) is 6.61 Å². The number of carbonyl (C=O) groups is 4. The third-order valence-corrected chi connectivity index (χ3v) is 6.21. The van der Waals surface area contributed by atoms with Crippen LogP contribution >= 0.6 is 11.8 Å². The summed E-state index contributed by atoms with van der Waals surface area (Å²) in [5.41, 5.74) is 0.277. The molecular weight excluding hydrogens is 400 g/mol. The van der Waals surface area contributed by atoms with Crippen LogP contribution in [0.3, 0.4) is 0 Å². The van der Waals surface area contributed by atoms with E-state index in [0.29, 0.717) is 23.5 Å². The van der Waals surface area contributed by atoms with Gasteiger partial charge in [-0.15, -0.1) is 11.8 Å². The normalized spacial score (nSPS) is 25.8. The van der Waals surface area contributed by atoms with Gasteiger partial charge in [0, 0.05) is 17.7 Å². The molecule has 4 rings (SSSR count). The first-order valence-electron chi connectivity index (χ1n) is 9.03. The van der Waals surface area contributed by atoms with E-state index in [1.54, 1.807) is 24.3 Å². The molecule has 0 aliphatic carbocycles. The van der Waals surface area contributed by atoms with E-state index in [-0.39, 0.29) is 24.7 Å². The first-order chi connectivity index (χ1) is 14.0. The summed E-state index contributed by atoms with van der Waals surface area (Å²) < 4.78 is 10.6. The number of cyclic esters (lactones) is 1. The van der Waals surface area contributed by atoms with E-state index in [4.69, 9.17) is 9.47 Å². The predicted octanol–water partition coefficient (Wildman–Crippen LogP) is 0.510. The van der Waals surface area contributed by atoms with E-state index in [1.165, 1.54) is 16.7 Å². The van der Waals surface area contributed by atoms with Gasteiger partial charge in [0.05, 0.1) is 0 Å². The second kappa shape index (κ2) is 7.78. The van der Waals surface area contributed by atoms with Crippen molar-refractivity contribution < 1.29 is 33.8 Å². The Morgan fingerprint density at radius 1 is 1.28 bits per heavy atom. The van der Waals surface area contributed by atoms with Gasteiger partial charge in [0.2, 0.25) is 0 Å². The van der Waals surface area contributed by atoms with Gasteiger partial charge in [0.25, 0.3) is 11.8 Å². The van der Waals surface area contributed by atoms with Gasteiger partial charge >= 0.3 is 11.9 Å². The first kappa shape index (κ1) is 19.3. The summed E-state index contributed by atoms with van der Waals surface area (Å²) in [7, 11) is 0. The summed E-state index contributed by atoms with van der Waals surface area (Å²) in [6.45, 7) is -0.254. The number of nitrogens with zero attached hydrogens (tertiary/aromatic N) is 1. The molecule has 3 atom stereocenters. The first-order valence-corrected chi connectivity index (χ1v) is 10.1. The largest absolute Gasteiger partial charge is 0.484 e. The molecule has 0 bridgehead atoms. The maximum Gasteiger partial charge on any atom is 0.352 e. The highest BCUT2D eigenvalue weighted by Gasteiger charge is 2.55. The molecular formula is C19H18N2O7S. The molecule has 0 aromatic heterocycles. The number of benzene rings is 1. The summed E-state index contributed by atoms with van der Waals surface area (Å²) in [5.74, 6) is -1.76. The number of hydrogen-bond donors (Lipinski definition) is 2. The molecule has 0 unspecified atom stereocenters. The molecule has 3 aliphatic heterocycles. The van der Waals surface area contributed by atoms with Gasteiger partial charge in [-0.2, -0.15) is 0 Å². The lowest BCUT2D eigenvalue weighted by atomic mass is 9.99. The highest BCUT2D eigenvalue weighted by atomic mass is 32.2. The van der Waals surface area contributed by atoms with E-state index in [1.807, 2.05) is 6.07 Å². The lowest BCUT2D eigenvalue weighted by Crippen LogP contribution is -2.71. The zero-order valence-corrected chi connectivity index (χ0v) is 16.0. The Morgan fingerprint density at radius 2 is 2.03 bits per heavy atom. The van der Waals surface area contributed by atoms with Crippen molar-refractivity contribution in [2.75, 3.05) is 12.4 Å². The van der Waals surface area contributed by atoms with Crippen molar-refractivity contribution >= 4 is 35.5 Å². The van der Waals surface area contributed by atoms with Crippen LogP contribution in [-0.2, 0) is 23.9 Å². The molecule has 0 spiro atoms. The van der Waals surface area contributed by atoms with Gasteiger partial charge in [-0.05, 0) is 18.6 Å². The van der Waals surface area contributed by atoms with Crippen LogP contribution in [0.5, 0.6) is 5.75 Å². The fraction of sp³-hybridized carbons (Fsp3) is 0.368. The van der Waals surface area contributed by atoms with Crippen LogP contribution in [0.2, 0.25) is 0 Å². The van der Waals surface area contributed by atoms with Crippen LogP contribution in [0.25, 0.3) is 0 Å². The minimum Gasteiger partial charge on any atom is -0.484 e. The Hall–Kier alpha value is -3.01. The molecule has 2 N–H and O–H groups in total. The SMILES string of the molecule is O=C(COc1ccccc1)N[C@@H]1C(=O)N2C(C(=O)O)=C([C@H]3CCC(=O)O3)CS[C@H]12. The summed E-state index contributed by atoms with van der Waals surface area (Å²) in [6.07, 6.45) is 0.000969. The Kier molecular flexibility index (Phi) is 5.18. The van der Waals surface area contributed by atoms with Crippen molar-refractivity contribution in [2.45, 2.75) is 30.4 Å². The van der Waals surface area contributed by atoms with Gasteiger partial charge in [0.1, 0.15) is 29.0 Å². The molecule has 29 heavy (non-hydrogen) atoms. The van der Waals surface area contributed by atoms with Crippen LogP contribution in [0.4, 0.5) is 0 Å². The zero-order chi connectivity index (χ0) is 20.5. The zero-order valence-electron chi connectivity index (χ0n) is 15.2. The number of aliphatic carboxylic acids is 1. The van der Waals surface area contributed by atoms with Crippen molar-refractivity contribution in [3.63, 3.8) is 0 Å². The van der Waals surface area contributed by atoms with E-state index in [2.05, 4.69) is 5.32 Å². The van der Waals surface area contributed by atoms with E-state index in [0.717, 1.165) is 0 Å². The average molecular weight is 418 g/mol. The van der Waals surface area contributed by atoms with Crippen LogP contribution < -0.4 is 10.1 Å². The molecule has 2 amide bonds. The number of hydrogen-bond acceptors (Lipinski definition) is 7. The van der Waals surface area contributed by atoms with Crippen molar-refractivity contribution in [3.8, 4) is 5.75 Å². The molecule has 3 aliphatic rings. The molecule has 0 saturated carbocycles. The molecule has 3 heterocycles. The van der Waals surface area contributed by atoms with E-state index < -0.39 is 35.3 Å². The molecule has 1 aromatic rings. The maximum absolute atomic E-state index is 12.6. The number of ether oxygens (including phenoxy) is 2. The van der Waals surface area contributed by atoms with E-state index >= 15 is 0 Å². The number of para-hydroxylation sites is 1. The van der Waals surface area contributed by atoms with Crippen LogP contribution in [0, 0.1) is 0 Å². The number of rotatable bonds is 6. The number of carbonyl (C=O) groups excluding carboxylic acids is 3. The molecule has 2 fully saturated rings. The smallest absolute Gasteiger partial charge is 0.352 e. The summed E-state index contributed by atoms with van der Waals surface area (Å²) in [4.78, 5) is 49.1. The molecule has 10 heteroatoms. The number of fused-ring (bicyclic) bond motifs is 1. The molecule has 0 radical (unpaired) electrons.